The molecule has 0 aliphatic carbocycles. The second-order valence-corrected chi connectivity index (χ2v) is 12.7. The molecule has 0 bridgehead atoms. The molecule has 2 aliphatic rings. The number of rotatable bonds is 14. The third-order valence-corrected chi connectivity index (χ3v) is 9.83. The van der Waals surface area contributed by atoms with Crippen LogP contribution in [0.2, 0.25) is 0 Å². The van der Waals surface area contributed by atoms with E-state index in [2.05, 4.69) is 0 Å². The number of hydrogen-bond acceptors (Lipinski definition) is 10. The van der Waals surface area contributed by atoms with Crippen molar-refractivity contribution in [2.24, 2.45) is 0 Å². The van der Waals surface area contributed by atoms with Crippen molar-refractivity contribution >= 4 is 9.84 Å². The van der Waals surface area contributed by atoms with Gasteiger partial charge in [0.15, 0.2) is 32.8 Å². The standard InChI is InChI=1S/C31H45NO9S/c1-7-13-39-28-19-23(25-10-9-24(41-25)22-17-26(35-4)30(37-6)27(18-22)36-5)20-29(31(28)40-14-8-2)42(33,34)21(3)32-11-15-38-16-12-32/h17-21,24-25H,7-16H2,1-6H3/t21?,24-,25-/m1/s1. The highest BCUT2D eigenvalue weighted by Crippen LogP contribution is 2.48. The van der Waals surface area contributed by atoms with E-state index in [0.717, 1.165) is 30.4 Å². The summed E-state index contributed by atoms with van der Waals surface area (Å²) in [7, 11) is 0.907. The Kier molecular flexibility index (Phi) is 11.2. The third kappa shape index (κ3) is 6.90. The van der Waals surface area contributed by atoms with Crippen LogP contribution in [0, 0.1) is 0 Å². The van der Waals surface area contributed by atoms with Gasteiger partial charge in [-0.15, -0.1) is 0 Å². The largest absolute Gasteiger partial charge is 0.493 e. The Hall–Kier alpha value is -2.73. The van der Waals surface area contributed by atoms with Crippen LogP contribution in [-0.4, -0.2) is 79.5 Å². The lowest BCUT2D eigenvalue weighted by Gasteiger charge is -2.32. The molecular formula is C31H45NO9S. The quantitative estimate of drug-likeness (QED) is 0.280. The molecule has 0 amide bonds. The summed E-state index contributed by atoms with van der Waals surface area (Å²) in [5.41, 5.74) is 1.64. The van der Waals surface area contributed by atoms with E-state index in [0.29, 0.717) is 68.9 Å². The molecule has 2 fully saturated rings. The van der Waals surface area contributed by atoms with Gasteiger partial charge in [-0.25, -0.2) is 8.42 Å². The van der Waals surface area contributed by atoms with Crippen LogP contribution in [0.4, 0.5) is 0 Å². The maximum Gasteiger partial charge on any atom is 0.203 e. The summed E-state index contributed by atoms with van der Waals surface area (Å²) in [6.07, 6.45) is 2.34. The number of morpholine rings is 1. The molecule has 2 aromatic rings. The number of methoxy groups -OCH3 is 3. The summed E-state index contributed by atoms with van der Waals surface area (Å²) in [6, 6.07) is 7.39. The van der Waals surface area contributed by atoms with Crippen LogP contribution in [-0.2, 0) is 19.3 Å². The van der Waals surface area contributed by atoms with E-state index >= 15 is 0 Å². The molecule has 234 valence electrons. The highest BCUT2D eigenvalue weighted by Gasteiger charge is 2.36. The van der Waals surface area contributed by atoms with Gasteiger partial charge < -0.3 is 33.2 Å². The van der Waals surface area contributed by atoms with Crippen molar-refractivity contribution in [1.82, 2.24) is 4.90 Å². The van der Waals surface area contributed by atoms with E-state index in [-0.39, 0.29) is 22.9 Å². The average molecular weight is 608 g/mol. The van der Waals surface area contributed by atoms with Crippen LogP contribution in [0.3, 0.4) is 0 Å². The van der Waals surface area contributed by atoms with Gasteiger partial charge in [0.1, 0.15) is 10.3 Å². The topological polar surface area (TPSA) is 102 Å². The van der Waals surface area contributed by atoms with Crippen LogP contribution >= 0.6 is 0 Å². The normalized spacial score (nSPS) is 20.2. The summed E-state index contributed by atoms with van der Waals surface area (Å²) < 4.78 is 69.2. The molecule has 3 atom stereocenters. The predicted octanol–water partition coefficient (Wildman–Crippen LogP) is 5.33. The Morgan fingerprint density at radius 1 is 0.810 bits per heavy atom. The van der Waals surface area contributed by atoms with Gasteiger partial charge in [-0.3, -0.25) is 4.90 Å². The van der Waals surface area contributed by atoms with Crippen molar-refractivity contribution < 1.29 is 41.6 Å². The van der Waals surface area contributed by atoms with E-state index in [4.69, 9.17) is 33.2 Å². The Labute approximate surface area is 250 Å². The van der Waals surface area contributed by atoms with Gasteiger partial charge in [-0.2, -0.15) is 0 Å². The van der Waals surface area contributed by atoms with Crippen LogP contribution < -0.4 is 23.7 Å². The van der Waals surface area contributed by atoms with Crippen molar-refractivity contribution in [3.05, 3.63) is 35.4 Å². The zero-order chi connectivity index (χ0) is 30.3. The predicted molar refractivity (Wildman–Crippen MR) is 159 cm³/mol. The molecular weight excluding hydrogens is 562 g/mol. The number of benzene rings is 2. The van der Waals surface area contributed by atoms with Gasteiger partial charge in [-0.1, -0.05) is 13.8 Å². The Balaban J connectivity index is 1.73. The average Bonchev–Trinajstić information content (AvgIpc) is 3.52. The molecule has 2 aromatic carbocycles. The molecule has 0 N–H and O–H groups in total. The minimum absolute atomic E-state index is 0.137. The molecule has 0 radical (unpaired) electrons. The SMILES string of the molecule is CCCOc1cc([C@H]2CC[C@H](c3cc(OC)c(OC)c(OC)c3)O2)cc(S(=O)(=O)C(C)N2CCOCC2)c1OCCC. The van der Waals surface area contributed by atoms with E-state index in [1.165, 1.54) is 0 Å². The van der Waals surface area contributed by atoms with Crippen molar-refractivity contribution in [2.75, 3.05) is 60.8 Å². The second kappa shape index (κ2) is 14.6. The highest BCUT2D eigenvalue weighted by atomic mass is 32.2. The molecule has 42 heavy (non-hydrogen) atoms. The van der Waals surface area contributed by atoms with Crippen LogP contribution in [0.15, 0.2) is 29.2 Å². The fraction of sp³-hybridized carbons (Fsp3) is 0.613. The molecule has 0 saturated carbocycles. The number of ether oxygens (including phenoxy) is 7. The summed E-state index contributed by atoms with van der Waals surface area (Å²) >= 11 is 0. The van der Waals surface area contributed by atoms with Gasteiger partial charge in [0.2, 0.25) is 5.75 Å². The molecule has 10 nitrogen and oxygen atoms in total. The third-order valence-electron chi connectivity index (χ3n) is 7.72. The highest BCUT2D eigenvalue weighted by molar-refractivity contribution is 7.92. The first kappa shape index (κ1) is 32.2. The van der Waals surface area contributed by atoms with Gasteiger partial charge >= 0.3 is 0 Å². The Morgan fingerprint density at radius 2 is 1.36 bits per heavy atom. The molecule has 4 rings (SSSR count). The first-order valence-electron chi connectivity index (χ1n) is 14.7. The molecule has 2 heterocycles. The zero-order valence-corrected chi connectivity index (χ0v) is 26.5. The number of hydrogen-bond donors (Lipinski definition) is 0. The van der Waals surface area contributed by atoms with Crippen LogP contribution in [0.5, 0.6) is 28.7 Å². The lowest BCUT2D eigenvalue weighted by atomic mass is 10.0. The van der Waals surface area contributed by atoms with Gasteiger partial charge in [-0.05, 0) is 68.0 Å². The van der Waals surface area contributed by atoms with Gasteiger partial charge in [0.25, 0.3) is 0 Å². The van der Waals surface area contributed by atoms with Crippen molar-refractivity contribution in [2.45, 2.75) is 68.9 Å². The minimum atomic E-state index is -3.83. The number of sulfone groups is 1. The molecule has 0 aromatic heterocycles. The van der Waals surface area contributed by atoms with E-state index < -0.39 is 15.2 Å². The summed E-state index contributed by atoms with van der Waals surface area (Å²) in [5, 5.41) is -0.754. The molecule has 11 heteroatoms. The molecule has 0 spiro atoms. The summed E-state index contributed by atoms with van der Waals surface area (Å²) in [4.78, 5) is 2.08. The summed E-state index contributed by atoms with van der Waals surface area (Å²) in [6.45, 7) is 8.64. The number of nitrogens with zero attached hydrogens (tertiary/aromatic N) is 1. The van der Waals surface area contributed by atoms with Crippen LogP contribution in [0.25, 0.3) is 0 Å². The lowest BCUT2D eigenvalue weighted by Crippen LogP contribution is -2.45. The van der Waals surface area contributed by atoms with E-state index in [9.17, 15) is 8.42 Å². The lowest BCUT2D eigenvalue weighted by molar-refractivity contribution is 0.0336. The Morgan fingerprint density at radius 3 is 1.90 bits per heavy atom. The zero-order valence-electron chi connectivity index (χ0n) is 25.6. The first-order chi connectivity index (χ1) is 20.3. The fourth-order valence-corrected chi connectivity index (χ4v) is 7.08. The minimum Gasteiger partial charge on any atom is -0.493 e. The molecule has 2 aliphatic heterocycles. The first-order valence-corrected chi connectivity index (χ1v) is 16.3. The monoisotopic (exact) mass is 607 g/mol. The molecule has 1 unspecified atom stereocenters. The van der Waals surface area contributed by atoms with Crippen molar-refractivity contribution in [1.29, 1.82) is 0 Å². The second-order valence-electron chi connectivity index (χ2n) is 10.5. The van der Waals surface area contributed by atoms with Crippen molar-refractivity contribution in [3.8, 4) is 28.7 Å². The fourth-order valence-electron chi connectivity index (χ4n) is 5.40. The van der Waals surface area contributed by atoms with Crippen molar-refractivity contribution in [3.63, 3.8) is 0 Å². The molecule has 2 saturated heterocycles. The van der Waals surface area contributed by atoms with E-state index in [1.54, 1.807) is 34.3 Å². The van der Waals surface area contributed by atoms with E-state index in [1.807, 2.05) is 36.9 Å². The maximum atomic E-state index is 14.2. The summed E-state index contributed by atoms with van der Waals surface area (Å²) in [5.74, 6) is 2.32. The van der Waals surface area contributed by atoms with Crippen LogP contribution in [0.1, 0.15) is 69.8 Å². The Bertz CT molecular complexity index is 1270. The van der Waals surface area contributed by atoms with Gasteiger partial charge in [0.05, 0.1) is 60.0 Å². The maximum absolute atomic E-state index is 14.2. The smallest absolute Gasteiger partial charge is 0.203 e. The van der Waals surface area contributed by atoms with Gasteiger partial charge in [0, 0.05) is 13.1 Å².